The SMILES string of the molecule is CCc1cccc(CNC[C@@H](O)[C@H](Cc2cc(F)cc(F)c2)NC(=O)c2cc(C(=O)OC)cc(C)n2)c1. The largest absolute Gasteiger partial charge is 0.465 e. The summed E-state index contributed by atoms with van der Waals surface area (Å²) in [6.07, 6.45) is -0.237. The van der Waals surface area contributed by atoms with Crippen molar-refractivity contribution in [2.75, 3.05) is 13.7 Å². The average molecular weight is 512 g/mol. The third kappa shape index (κ3) is 8.16. The number of aliphatic hydroxyl groups excluding tert-OH is 1. The highest BCUT2D eigenvalue weighted by atomic mass is 19.1. The van der Waals surface area contributed by atoms with Crippen LogP contribution in [0.15, 0.2) is 54.6 Å². The number of nitrogens with one attached hydrogen (secondary N) is 2. The Hall–Kier alpha value is -3.69. The van der Waals surface area contributed by atoms with Gasteiger partial charge < -0.3 is 20.5 Å². The molecule has 37 heavy (non-hydrogen) atoms. The number of hydrogen-bond donors (Lipinski definition) is 3. The van der Waals surface area contributed by atoms with Gasteiger partial charge in [0.1, 0.15) is 17.3 Å². The second-order valence-corrected chi connectivity index (χ2v) is 8.81. The maximum absolute atomic E-state index is 13.8. The summed E-state index contributed by atoms with van der Waals surface area (Å²) >= 11 is 0. The second kappa shape index (κ2) is 13.0. The second-order valence-electron chi connectivity index (χ2n) is 8.81. The van der Waals surface area contributed by atoms with Crippen LogP contribution in [-0.2, 0) is 24.1 Å². The van der Waals surface area contributed by atoms with Crippen molar-refractivity contribution in [3.05, 3.63) is 99.9 Å². The van der Waals surface area contributed by atoms with E-state index in [4.69, 9.17) is 4.74 Å². The first-order chi connectivity index (χ1) is 17.7. The van der Waals surface area contributed by atoms with E-state index in [0.29, 0.717) is 12.2 Å². The molecule has 0 spiro atoms. The molecule has 0 fully saturated rings. The first-order valence-corrected chi connectivity index (χ1v) is 12.0. The molecule has 3 rings (SSSR count). The minimum absolute atomic E-state index is 0.0374. The fourth-order valence-electron chi connectivity index (χ4n) is 4.00. The monoisotopic (exact) mass is 511 g/mol. The molecule has 0 aliphatic heterocycles. The normalized spacial score (nSPS) is 12.6. The number of methoxy groups -OCH3 is 1. The van der Waals surface area contributed by atoms with Crippen molar-refractivity contribution in [2.24, 2.45) is 0 Å². The Kier molecular flexibility index (Phi) is 9.82. The van der Waals surface area contributed by atoms with E-state index in [9.17, 15) is 23.5 Å². The smallest absolute Gasteiger partial charge is 0.337 e. The van der Waals surface area contributed by atoms with E-state index < -0.39 is 35.7 Å². The van der Waals surface area contributed by atoms with Crippen LogP contribution in [0.5, 0.6) is 0 Å². The standard InChI is InChI=1S/C28H31F2N3O4/c1-4-18-6-5-7-19(9-18)15-31-16-26(34)24(12-20-10-22(29)14-23(30)11-20)33-27(35)25-13-21(28(36)37-3)8-17(2)32-25/h5-11,13-14,24,26,31,34H,4,12,15-16H2,1-3H3,(H,33,35)/t24-,26+/m0/s1. The average Bonchev–Trinajstić information content (AvgIpc) is 2.86. The van der Waals surface area contributed by atoms with Gasteiger partial charge in [0.05, 0.1) is 24.8 Å². The number of esters is 1. The van der Waals surface area contributed by atoms with E-state index in [1.807, 2.05) is 18.2 Å². The molecule has 1 amide bonds. The highest BCUT2D eigenvalue weighted by Crippen LogP contribution is 2.14. The zero-order valence-corrected chi connectivity index (χ0v) is 21.1. The van der Waals surface area contributed by atoms with E-state index >= 15 is 0 Å². The summed E-state index contributed by atoms with van der Waals surface area (Å²) < 4.78 is 32.3. The maximum atomic E-state index is 13.8. The minimum atomic E-state index is -1.10. The Labute approximate surface area is 214 Å². The highest BCUT2D eigenvalue weighted by molar-refractivity contribution is 5.96. The van der Waals surface area contributed by atoms with Crippen LogP contribution >= 0.6 is 0 Å². The van der Waals surface area contributed by atoms with Gasteiger partial charge in [-0.25, -0.2) is 18.6 Å². The number of carbonyl (C=O) groups excluding carboxylic acids is 2. The molecule has 0 saturated carbocycles. The lowest BCUT2D eigenvalue weighted by Crippen LogP contribution is -2.49. The third-order valence-electron chi connectivity index (χ3n) is 5.85. The maximum Gasteiger partial charge on any atom is 0.337 e. The van der Waals surface area contributed by atoms with Crippen LogP contribution in [0.4, 0.5) is 8.78 Å². The van der Waals surface area contributed by atoms with E-state index in [2.05, 4.69) is 28.6 Å². The van der Waals surface area contributed by atoms with Gasteiger partial charge in [0, 0.05) is 24.8 Å². The Morgan fingerprint density at radius 3 is 2.41 bits per heavy atom. The topological polar surface area (TPSA) is 101 Å². The van der Waals surface area contributed by atoms with Crippen LogP contribution in [-0.4, -0.2) is 47.8 Å². The van der Waals surface area contributed by atoms with Gasteiger partial charge in [0.2, 0.25) is 0 Å². The van der Waals surface area contributed by atoms with Crippen molar-refractivity contribution < 1.29 is 28.2 Å². The molecule has 196 valence electrons. The first kappa shape index (κ1) is 27.9. The number of carbonyl (C=O) groups is 2. The fraction of sp³-hybridized carbons (Fsp3) is 0.321. The summed E-state index contributed by atoms with van der Waals surface area (Å²) in [4.78, 5) is 29.2. The fourth-order valence-corrected chi connectivity index (χ4v) is 4.00. The van der Waals surface area contributed by atoms with Crippen LogP contribution in [0.25, 0.3) is 0 Å². The lowest BCUT2D eigenvalue weighted by atomic mass is 10.00. The molecule has 2 atom stereocenters. The summed E-state index contributed by atoms with van der Waals surface area (Å²) in [6, 6.07) is 13.0. The van der Waals surface area contributed by atoms with Gasteiger partial charge >= 0.3 is 5.97 Å². The number of nitrogens with zero attached hydrogens (tertiary/aromatic N) is 1. The Morgan fingerprint density at radius 1 is 1.03 bits per heavy atom. The number of aliphatic hydroxyl groups is 1. The number of rotatable bonds is 11. The number of aryl methyl sites for hydroxylation is 2. The molecular weight excluding hydrogens is 480 g/mol. The number of hydrogen-bond acceptors (Lipinski definition) is 6. The van der Waals surface area contributed by atoms with Gasteiger partial charge in [-0.15, -0.1) is 0 Å². The highest BCUT2D eigenvalue weighted by Gasteiger charge is 2.24. The molecule has 0 aliphatic carbocycles. The molecule has 9 heteroatoms. The molecule has 3 N–H and O–H groups in total. The van der Waals surface area contributed by atoms with Crippen molar-refractivity contribution in [1.82, 2.24) is 15.6 Å². The van der Waals surface area contributed by atoms with E-state index in [1.165, 1.54) is 24.8 Å². The predicted octanol–water partition coefficient (Wildman–Crippen LogP) is 3.51. The molecule has 0 radical (unpaired) electrons. The van der Waals surface area contributed by atoms with Gasteiger partial charge in [-0.2, -0.15) is 0 Å². The zero-order valence-electron chi connectivity index (χ0n) is 21.1. The van der Waals surface area contributed by atoms with Crippen LogP contribution in [0.2, 0.25) is 0 Å². The molecule has 0 bridgehead atoms. The summed E-state index contributed by atoms with van der Waals surface area (Å²) in [7, 11) is 1.23. The number of benzene rings is 2. The van der Waals surface area contributed by atoms with Crippen molar-refractivity contribution >= 4 is 11.9 Å². The molecule has 1 heterocycles. The molecule has 2 aromatic carbocycles. The van der Waals surface area contributed by atoms with Gasteiger partial charge in [0.15, 0.2) is 0 Å². The molecule has 0 unspecified atom stereocenters. The number of ether oxygens (including phenoxy) is 1. The van der Waals surface area contributed by atoms with E-state index in [-0.39, 0.29) is 29.8 Å². The molecule has 1 aromatic heterocycles. The van der Waals surface area contributed by atoms with Crippen LogP contribution in [0.3, 0.4) is 0 Å². The molecule has 3 aromatic rings. The molecule has 0 aliphatic rings. The minimum Gasteiger partial charge on any atom is -0.465 e. The number of amides is 1. The van der Waals surface area contributed by atoms with Crippen LogP contribution in [0.1, 0.15) is 50.2 Å². The summed E-state index contributed by atoms with van der Waals surface area (Å²) in [6.45, 7) is 4.29. The van der Waals surface area contributed by atoms with Crippen LogP contribution in [0, 0.1) is 18.6 Å². The van der Waals surface area contributed by atoms with Crippen molar-refractivity contribution in [3.63, 3.8) is 0 Å². The summed E-state index contributed by atoms with van der Waals surface area (Å²) in [5, 5.41) is 16.8. The Morgan fingerprint density at radius 2 is 1.73 bits per heavy atom. The van der Waals surface area contributed by atoms with E-state index in [0.717, 1.165) is 30.2 Å². The van der Waals surface area contributed by atoms with Gasteiger partial charge in [-0.3, -0.25) is 4.79 Å². The lowest BCUT2D eigenvalue weighted by molar-refractivity contribution is 0.0600. The molecular formula is C28H31F2N3O4. The lowest BCUT2D eigenvalue weighted by Gasteiger charge is -2.25. The first-order valence-electron chi connectivity index (χ1n) is 12.0. The summed E-state index contributed by atoms with van der Waals surface area (Å²) in [5.74, 6) is -2.79. The Balaban J connectivity index is 1.77. The number of halogens is 2. The Bertz CT molecular complexity index is 1230. The van der Waals surface area contributed by atoms with E-state index in [1.54, 1.807) is 6.92 Å². The summed E-state index contributed by atoms with van der Waals surface area (Å²) in [5.41, 5.74) is 3.03. The van der Waals surface area contributed by atoms with Crippen molar-refractivity contribution in [2.45, 2.75) is 45.4 Å². The van der Waals surface area contributed by atoms with Crippen molar-refractivity contribution in [1.29, 1.82) is 0 Å². The van der Waals surface area contributed by atoms with Crippen LogP contribution < -0.4 is 10.6 Å². The van der Waals surface area contributed by atoms with Crippen molar-refractivity contribution in [3.8, 4) is 0 Å². The predicted molar refractivity (Wildman–Crippen MR) is 135 cm³/mol. The molecule has 0 saturated heterocycles. The third-order valence-corrected chi connectivity index (χ3v) is 5.85. The van der Waals surface area contributed by atoms with Gasteiger partial charge in [-0.1, -0.05) is 31.2 Å². The quantitative estimate of drug-likeness (QED) is 0.341. The zero-order chi connectivity index (χ0) is 26.9. The number of aromatic nitrogens is 1. The van der Waals surface area contributed by atoms with Gasteiger partial charge in [-0.05, 0) is 60.7 Å². The van der Waals surface area contributed by atoms with Gasteiger partial charge in [0.25, 0.3) is 5.91 Å². The number of pyridine rings is 1. The molecule has 7 nitrogen and oxygen atoms in total.